The Labute approximate surface area is 319 Å². The fourth-order valence-electron chi connectivity index (χ4n) is 7.80. The molecule has 0 N–H and O–H groups in total. The van der Waals surface area contributed by atoms with Gasteiger partial charge in [0.2, 0.25) is 0 Å². The van der Waals surface area contributed by atoms with Crippen molar-refractivity contribution in [3.05, 3.63) is 148 Å². The first-order chi connectivity index (χ1) is 26.4. The average Bonchev–Trinajstić information content (AvgIpc) is 3.63. The van der Waals surface area contributed by atoms with E-state index in [9.17, 15) is 0 Å². The van der Waals surface area contributed by atoms with Crippen LogP contribution in [0.1, 0.15) is 66.0 Å². The van der Waals surface area contributed by atoms with Gasteiger partial charge < -0.3 is 0 Å². The number of hydrogen-bond acceptors (Lipinski definition) is 2. The van der Waals surface area contributed by atoms with Crippen molar-refractivity contribution in [3.63, 3.8) is 0 Å². The van der Waals surface area contributed by atoms with Crippen molar-refractivity contribution >= 4 is 32.8 Å². The quantitative estimate of drug-likeness (QED) is 0.162. The molecule has 0 aliphatic heterocycles. The third-order valence-corrected chi connectivity index (χ3v) is 11.8. The number of ether oxygens (including phenoxy) is 1. The van der Waals surface area contributed by atoms with E-state index in [2.05, 4.69) is 117 Å². The Hall–Kier alpha value is -4.99. The van der Waals surface area contributed by atoms with Gasteiger partial charge in [-0.05, 0) is 41.1 Å². The molecule has 1 aliphatic rings. The molecule has 1 unspecified atom stereocenters. The summed E-state index contributed by atoms with van der Waals surface area (Å²) in [5.41, 5.74) is 9.35. The Bertz CT molecular complexity index is 2840. The van der Waals surface area contributed by atoms with Crippen LogP contribution in [-0.4, -0.2) is 18.7 Å². The van der Waals surface area contributed by atoms with E-state index in [0.717, 1.165) is 52.2 Å². The second-order valence-electron chi connectivity index (χ2n) is 14.8. The van der Waals surface area contributed by atoms with Crippen molar-refractivity contribution in [1.29, 1.82) is 0 Å². The summed E-state index contributed by atoms with van der Waals surface area (Å²) in [6, 6.07) is 42.0. The van der Waals surface area contributed by atoms with Crippen molar-refractivity contribution in [2.75, 3.05) is 0 Å². The molecule has 3 heterocycles. The van der Waals surface area contributed by atoms with Crippen LogP contribution in [0.4, 0.5) is 0 Å². The van der Waals surface area contributed by atoms with Crippen LogP contribution in [0.25, 0.3) is 49.8 Å². The summed E-state index contributed by atoms with van der Waals surface area (Å²) in [5.74, 6) is 1.68. The van der Waals surface area contributed by atoms with Gasteiger partial charge in [-0.1, -0.05) is 63.2 Å². The van der Waals surface area contributed by atoms with E-state index in [1.807, 2.05) is 53.1 Å². The first-order valence-corrected chi connectivity index (χ1v) is 18.9. The van der Waals surface area contributed by atoms with Gasteiger partial charge in [0.1, 0.15) is 0 Å². The Morgan fingerprint density at radius 3 is 2.37 bits per heavy atom. The molecule has 9 rings (SSSR count). The number of nitrogens with zero attached hydrogens (tertiary/aromatic N) is 4. The monoisotopic (exact) mass is 862 g/mol. The molecule has 262 valence electrons. The van der Waals surface area contributed by atoms with Crippen LogP contribution >= 0.6 is 0 Å². The third-order valence-electron chi connectivity index (χ3n) is 10.5. The zero-order chi connectivity index (χ0) is 38.2. The van der Waals surface area contributed by atoms with E-state index in [1.54, 1.807) is 12.3 Å². The van der Waals surface area contributed by atoms with Crippen molar-refractivity contribution in [3.8, 4) is 28.4 Å². The first-order valence-electron chi connectivity index (χ1n) is 19.3. The fraction of sp³-hybridized carbons (Fsp3) is 0.217. The summed E-state index contributed by atoms with van der Waals surface area (Å²) in [7, 11) is 2.12. The van der Waals surface area contributed by atoms with Crippen molar-refractivity contribution in [2.24, 2.45) is 7.05 Å². The van der Waals surface area contributed by atoms with Crippen LogP contribution in [0.5, 0.6) is 11.5 Å². The minimum atomic E-state index is -2.37. The Kier molecular flexibility index (Phi) is 7.16. The second kappa shape index (κ2) is 12.6. The number of pyridine rings is 1. The van der Waals surface area contributed by atoms with E-state index < -0.39 is 6.85 Å². The molecule has 8 aromatic rings. The third kappa shape index (κ3) is 5.49. The number of aryl methyl sites for hydroxylation is 3. The number of para-hydroxylation sites is 3. The molecule has 0 amide bonds. The number of imidazole rings is 1. The fourth-order valence-corrected chi connectivity index (χ4v) is 8.71. The number of fused-ring (bicyclic) bond motifs is 5. The second-order valence-corrected chi connectivity index (χ2v) is 15.8. The minimum Gasteiger partial charge on any atom is -0.238 e. The topological polar surface area (TPSA) is 36.9 Å². The normalized spacial score (nSPS) is 15.8. The van der Waals surface area contributed by atoms with Crippen LogP contribution in [0, 0.1) is 22.8 Å². The number of rotatable bonds is 5. The SMILES string of the molecule is [2H]C([2H])([2H])c1cc(-n2c3[c-]c(Oc4[c-]c5c(cc4)CCCC5n4[c](=[Pt])n(C)c5ccccc54)ccc3c3ccccc32)ncc1-c1ccc(C(C)(C)C)cc1. The molecule has 1 atom stereocenters. The van der Waals surface area contributed by atoms with Crippen LogP contribution in [0.15, 0.2) is 109 Å². The number of hydrogen-bond donors (Lipinski definition) is 0. The van der Waals surface area contributed by atoms with Gasteiger partial charge in [-0.25, -0.2) is 4.98 Å². The van der Waals surface area contributed by atoms with Gasteiger partial charge in [-0.15, -0.1) is 0 Å². The van der Waals surface area contributed by atoms with E-state index >= 15 is 0 Å². The summed E-state index contributed by atoms with van der Waals surface area (Å²) in [6.45, 7) is 4.13. The molecule has 5 nitrogen and oxygen atoms in total. The number of benzene rings is 5. The Morgan fingerprint density at radius 2 is 1.58 bits per heavy atom. The molecule has 0 radical (unpaired) electrons. The Balaban J connectivity index is 1.13. The van der Waals surface area contributed by atoms with Crippen molar-refractivity contribution in [2.45, 2.75) is 58.3 Å². The summed E-state index contributed by atoms with van der Waals surface area (Å²) in [5, 5.41) is 1.99. The molecule has 0 fully saturated rings. The van der Waals surface area contributed by atoms with E-state index in [0.29, 0.717) is 22.9 Å². The van der Waals surface area contributed by atoms with E-state index in [1.165, 1.54) is 26.0 Å². The van der Waals surface area contributed by atoms with Gasteiger partial charge >= 0.3 is 196 Å². The molecule has 3 aromatic heterocycles. The average molecular weight is 863 g/mol. The summed E-state index contributed by atoms with van der Waals surface area (Å²) < 4.78 is 40.1. The summed E-state index contributed by atoms with van der Waals surface area (Å²) in [6.07, 6.45) is 4.83. The molecule has 52 heavy (non-hydrogen) atoms. The maximum absolute atomic E-state index is 8.56. The van der Waals surface area contributed by atoms with Gasteiger partial charge in [0, 0.05) is 15.9 Å². The standard InChI is InChI=1S/C46H40N4O.Pt/c1-30-25-45(47-28-39(30)32-17-20-33(21-18-32)46(2,3)4)50-41-13-7-6-12-36(41)37-24-23-35(27-44(37)50)51-34-22-19-31-11-10-16-40(38(31)26-34)49-29-48(5)42-14-8-9-15-43(42)49;/h6-9,12-15,17-25,28,40H,10-11,16H2,1-5H3;/q-2;/i1D3;. The molecular weight excluding hydrogens is 820 g/mol. The summed E-state index contributed by atoms with van der Waals surface area (Å²) >= 11 is 2.44. The van der Waals surface area contributed by atoms with Gasteiger partial charge in [0.15, 0.2) is 0 Å². The predicted octanol–water partition coefficient (Wildman–Crippen LogP) is 11.1. The molecule has 1 aliphatic carbocycles. The van der Waals surface area contributed by atoms with E-state index in [-0.39, 0.29) is 17.0 Å². The smallest absolute Gasteiger partial charge is 0.238 e. The van der Waals surface area contributed by atoms with E-state index in [4.69, 9.17) is 13.8 Å². The summed E-state index contributed by atoms with van der Waals surface area (Å²) in [4.78, 5) is 4.91. The van der Waals surface area contributed by atoms with Crippen LogP contribution < -0.4 is 4.74 Å². The van der Waals surface area contributed by atoms with Crippen molar-refractivity contribution in [1.82, 2.24) is 18.7 Å². The van der Waals surface area contributed by atoms with Gasteiger partial charge in [-0.3, -0.25) is 0 Å². The van der Waals surface area contributed by atoms with Crippen LogP contribution in [0.3, 0.4) is 0 Å². The van der Waals surface area contributed by atoms with Gasteiger partial charge in [0.05, 0.1) is 0 Å². The molecule has 0 spiro atoms. The first kappa shape index (κ1) is 29.6. The maximum atomic E-state index is 8.56. The molecule has 6 heteroatoms. The van der Waals surface area contributed by atoms with Crippen LogP contribution in [0.2, 0.25) is 0 Å². The van der Waals surface area contributed by atoms with Crippen molar-refractivity contribution < 1.29 is 28.2 Å². The molecular formula is C46H40N4OPt-2. The van der Waals surface area contributed by atoms with Gasteiger partial charge in [-0.2, -0.15) is 0 Å². The molecule has 0 saturated heterocycles. The predicted molar refractivity (Wildman–Crippen MR) is 207 cm³/mol. The zero-order valence-corrected chi connectivity index (χ0v) is 31.9. The van der Waals surface area contributed by atoms with Gasteiger partial charge in [0.25, 0.3) is 0 Å². The minimum absolute atomic E-state index is 0.0150. The Morgan fingerprint density at radius 1 is 0.846 bits per heavy atom. The van der Waals surface area contributed by atoms with Crippen LogP contribution in [-0.2, 0) is 38.2 Å². The molecule has 0 bridgehead atoms. The molecule has 5 aromatic carbocycles. The zero-order valence-electron chi connectivity index (χ0n) is 32.6. The molecule has 0 saturated carbocycles. The number of aromatic nitrogens is 4.